The van der Waals surface area contributed by atoms with Crippen LogP contribution in [-0.4, -0.2) is 23.9 Å². The molecule has 4 nitrogen and oxygen atoms in total. The lowest BCUT2D eigenvalue weighted by molar-refractivity contribution is 0.271. The molecule has 0 radical (unpaired) electrons. The SMILES string of the molecule is CNc1n[nH]c2cc(OCC(C)C)ccc12. The van der Waals surface area contributed by atoms with Crippen molar-refractivity contribution in [2.24, 2.45) is 5.92 Å². The van der Waals surface area contributed by atoms with Crippen molar-refractivity contribution in [1.82, 2.24) is 10.2 Å². The molecule has 0 unspecified atom stereocenters. The first-order valence-electron chi connectivity index (χ1n) is 5.49. The number of nitrogens with zero attached hydrogens (tertiary/aromatic N) is 1. The number of fused-ring (bicyclic) bond motifs is 1. The van der Waals surface area contributed by atoms with Gasteiger partial charge in [-0.05, 0) is 18.1 Å². The van der Waals surface area contributed by atoms with Crippen LogP contribution in [0.5, 0.6) is 5.75 Å². The third kappa shape index (κ3) is 2.10. The van der Waals surface area contributed by atoms with E-state index in [1.807, 2.05) is 25.2 Å². The highest BCUT2D eigenvalue weighted by Gasteiger charge is 2.05. The Morgan fingerprint density at radius 3 is 2.94 bits per heavy atom. The van der Waals surface area contributed by atoms with Crippen molar-refractivity contribution >= 4 is 16.7 Å². The van der Waals surface area contributed by atoms with E-state index in [0.717, 1.165) is 29.1 Å². The maximum atomic E-state index is 5.65. The van der Waals surface area contributed by atoms with Gasteiger partial charge >= 0.3 is 0 Å². The number of anilines is 1. The first-order chi connectivity index (χ1) is 7.70. The number of H-pyrrole nitrogens is 1. The lowest BCUT2D eigenvalue weighted by atomic mass is 10.2. The molecule has 0 saturated heterocycles. The van der Waals surface area contributed by atoms with Crippen molar-refractivity contribution in [1.29, 1.82) is 0 Å². The van der Waals surface area contributed by atoms with E-state index < -0.39 is 0 Å². The second kappa shape index (κ2) is 4.43. The molecule has 0 aliphatic carbocycles. The van der Waals surface area contributed by atoms with Crippen LogP contribution in [-0.2, 0) is 0 Å². The first-order valence-corrected chi connectivity index (χ1v) is 5.49. The molecule has 1 aromatic carbocycles. The van der Waals surface area contributed by atoms with Crippen LogP contribution >= 0.6 is 0 Å². The Hall–Kier alpha value is -1.71. The van der Waals surface area contributed by atoms with Crippen molar-refractivity contribution in [3.05, 3.63) is 18.2 Å². The number of hydrogen-bond donors (Lipinski definition) is 2. The van der Waals surface area contributed by atoms with Crippen molar-refractivity contribution in [2.75, 3.05) is 19.0 Å². The Bertz CT molecular complexity index is 476. The zero-order valence-electron chi connectivity index (χ0n) is 9.87. The molecule has 86 valence electrons. The fourth-order valence-corrected chi connectivity index (χ4v) is 1.54. The van der Waals surface area contributed by atoms with Gasteiger partial charge < -0.3 is 10.1 Å². The molecule has 0 aliphatic rings. The normalized spacial score (nSPS) is 11.0. The summed E-state index contributed by atoms with van der Waals surface area (Å²) in [6, 6.07) is 5.97. The van der Waals surface area contributed by atoms with Gasteiger partial charge in [0.2, 0.25) is 0 Å². The summed E-state index contributed by atoms with van der Waals surface area (Å²) in [6.07, 6.45) is 0. The minimum Gasteiger partial charge on any atom is -0.493 e. The van der Waals surface area contributed by atoms with Crippen molar-refractivity contribution < 1.29 is 4.74 Å². The van der Waals surface area contributed by atoms with Gasteiger partial charge in [-0.1, -0.05) is 13.8 Å². The molecular weight excluding hydrogens is 202 g/mol. The van der Waals surface area contributed by atoms with Gasteiger partial charge in [-0.3, -0.25) is 5.10 Å². The quantitative estimate of drug-likeness (QED) is 0.831. The topological polar surface area (TPSA) is 49.9 Å². The smallest absolute Gasteiger partial charge is 0.155 e. The summed E-state index contributed by atoms with van der Waals surface area (Å²) in [6.45, 7) is 5.00. The molecule has 0 spiro atoms. The molecule has 1 aromatic heterocycles. The molecule has 0 aliphatic heterocycles. The predicted octanol–water partition coefficient (Wildman–Crippen LogP) is 2.64. The van der Waals surface area contributed by atoms with Crippen LogP contribution in [0.3, 0.4) is 0 Å². The van der Waals surface area contributed by atoms with Gasteiger partial charge in [-0.15, -0.1) is 0 Å². The summed E-state index contributed by atoms with van der Waals surface area (Å²) in [5.74, 6) is 2.28. The second-order valence-electron chi connectivity index (χ2n) is 4.23. The summed E-state index contributed by atoms with van der Waals surface area (Å²) in [5, 5.41) is 11.3. The predicted molar refractivity (Wildman–Crippen MR) is 66.0 cm³/mol. The number of benzene rings is 1. The molecule has 2 N–H and O–H groups in total. The lowest BCUT2D eigenvalue weighted by Crippen LogP contribution is -2.04. The summed E-state index contributed by atoms with van der Waals surface area (Å²) < 4.78 is 5.65. The monoisotopic (exact) mass is 219 g/mol. The molecular formula is C12H17N3O. The molecule has 2 rings (SSSR count). The molecule has 0 amide bonds. The molecule has 16 heavy (non-hydrogen) atoms. The van der Waals surface area contributed by atoms with Crippen LogP contribution < -0.4 is 10.1 Å². The maximum Gasteiger partial charge on any atom is 0.155 e. The number of ether oxygens (including phenoxy) is 1. The summed E-state index contributed by atoms with van der Waals surface area (Å²) in [7, 11) is 1.86. The van der Waals surface area contributed by atoms with Crippen LogP contribution in [0.25, 0.3) is 10.9 Å². The second-order valence-corrected chi connectivity index (χ2v) is 4.23. The van der Waals surface area contributed by atoms with Gasteiger partial charge in [-0.25, -0.2) is 0 Å². The van der Waals surface area contributed by atoms with Gasteiger partial charge in [-0.2, -0.15) is 5.10 Å². The van der Waals surface area contributed by atoms with Crippen molar-refractivity contribution in [3.8, 4) is 5.75 Å². The van der Waals surface area contributed by atoms with E-state index in [9.17, 15) is 0 Å². The minimum absolute atomic E-state index is 0.533. The maximum absolute atomic E-state index is 5.65. The Morgan fingerprint density at radius 2 is 2.25 bits per heavy atom. The van der Waals surface area contributed by atoms with Gasteiger partial charge in [0, 0.05) is 18.5 Å². The molecule has 4 heteroatoms. The standard InChI is InChI=1S/C12H17N3O/c1-8(2)7-16-9-4-5-10-11(6-9)14-15-12(10)13-3/h4-6,8H,7H2,1-3H3,(H2,13,14,15). The fourth-order valence-electron chi connectivity index (χ4n) is 1.54. The number of hydrogen-bond acceptors (Lipinski definition) is 3. The van der Waals surface area contributed by atoms with Gasteiger partial charge in [0.15, 0.2) is 5.82 Å². The van der Waals surface area contributed by atoms with E-state index in [4.69, 9.17) is 4.74 Å². The number of aromatic nitrogens is 2. The summed E-state index contributed by atoms with van der Waals surface area (Å²) >= 11 is 0. The average Bonchev–Trinajstić information content (AvgIpc) is 2.68. The highest BCUT2D eigenvalue weighted by molar-refractivity contribution is 5.90. The third-order valence-electron chi connectivity index (χ3n) is 2.35. The zero-order valence-corrected chi connectivity index (χ0v) is 9.87. The molecule has 2 aromatic rings. The molecule has 0 bridgehead atoms. The molecule has 0 fully saturated rings. The Balaban J connectivity index is 2.24. The Morgan fingerprint density at radius 1 is 1.44 bits per heavy atom. The van der Waals surface area contributed by atoms with Crippen LogP contribution in [0.2, 0.25) is 0 Å². The van der Waals surface area contributed by atoms with Gasteiger partial charge in [0.05, 0.1) is 12.1 Å². The number of aromatic amines is 1. The highest BCUT2D eigenvalue weighted by Crippen LogP contribution is 2.24. The van der Waals surface area contributed by atoms with Crippen molar-refractivity contribution in [2.45, 2.75) is 13.8 Å². The van der Waals surface area contributed by atoms with Gasteiger partial charge in [0.1, 0.15) is 5.75 Å². The minimum atomic E-state index is 0.533. The van der Waals surface area contributed by atoms with Crippen LogP contribution in [0.1, 0.15) is 13.8 Å². The number of nitrogens with one attached hydrogen (secondary N) is 2. The lowest BCUT2D eigenvalue weighted by Gasteiger charge is -2.08. The zero-order chi connectivity index (χ0) is 11.5. The van der Waals surface area contributed by atoms with Crippen molar-refractivity contribution in [3.63, 3.8) is 0 Å². The highest BCUT2D eigenvalue weighted by atomic mass is 16.5. The number of rotatable bonds is 4. The van der Waals surface area contributed by atoms with Crippen LogP contribution in [0, 0.1) is 5.92 Å². The summed E-state index contributed by atoms with van der Waals surface area (Å²) in [5.41, 5.74) is 0.991. The molecule has 0 atom stereocenters. The largest absolute Gasteiger partial charge is 0.493 e. The van der Waals surface area contributed by atoms with Crippen LogP contribution in [0.15, 0.2) is 18.2 Å². The Kier molecular flexibility index (Phi) is 2.99. The van der Waals surface area contributed by atoms with E-state index in [1.54, 1.807) is 0 Å². The van der Waals surface area contributed by atoms with E-state index in [1.165, 1.54) is 0 Å². The summed E-state index contributed by atoms with van der Waals surface area (Å²) in [4.78, 5) is 0. The van der Waals surface area contributed by atoms with Gasteiger partial charge in [0.25, 0.3) is 0 Å². The van der Waals surface area contributed by atoms with E-state index in [0.29, 0.717) is 5.92 Å². The third-order valence-corrected chi connectivity index (χ3v) is 2.35. The Labute approximate surface area is 95.0 Å². The van der Waals surface area contributed by atoms with E-state index >= 15 is 0 Å². The van der Waals surface area contributed by atoms with Crippen LogP contribution in [0.4, 0.5) is 5.82 Å². The molecule has 0 saturated carbocycles. The first kappa shape index (κ1) is 10.8. The van der Waals surface area contributed by atoms with E-state index in [-0.39, 0.29) is 0 Å². The average molecular weight is 219 g/mol. The van der Waals surface area contributed by atoms with E-state index in [2.05, 4.69) is 29.4 Å². The fraction of sp³-hybridized carbons (Fsp3) is 0.417. The molecule has 1 heterocycles.